The zero-order valence-corrected chi connectivity index (χ0v) is 12.3. The third-order valence-electron chi connectivity index (χ3n) is 3.11. The van der Waals surface area contributed by atoms with E-state index in [2.05, 4.69) is 21.2 Å². The molecule has 0 saturated heterocycles. The zero-order chi connectivity index (χ0) is 14.0. The fourth-order valence-corrected chi connectivity index (χ4v) is 2.00. The van der Waals surface area contributed by atoms with E-state index in [1.807, 2.05) is 26.0 Å². The number of halogens is 1. The molecular formula is C15H14BrNO2. The molecule has 0 aliphatic carbocycles. The molecule has 0 fully saturated rings. The Hall–Kier alpha value is -1.81. The molecule has 0 saturated carbocycles. The smallest absolute Gasteiger partial charge is 0.255 e. The van der Waals surface area contributed by atoms with Gasteiger partial charge in [-0.2, -0.15) is 0 Å². The third kappa shape index (κ3) is 2.96. The van der Waals surface area contributed by atoms with E-state index in [0.29, 0.717) is 11.3 Å². The van der Waals surface area contributed by atoms with Crippen LogP contribution in [0.25, 0.3) is 0 Å². The van der Waals surface area contributed by atoms with Crippen molar-refractivity contribution in [2.24, 2.45) is 0 Å². The Morgan fingerprint density at radius 3 is 2.32 bits per heavy atom. The molecule has 0 radical (unpaired) electrons. The number of hydrogen-bond acceptors (Lipinski definition) is 2. The number of phenols is 1. The van der Waals surface area contributed by atoms with Crippen molar-refractivity contribution in [3.8, 4) is 5.75 Å². The van der Waals surface area contributed by atoms with Crippen LogP contribution in [0.3, 0.4) is 0 Å². The van der Waals surface area contributed by atoms with E-state index >= 15 is 0 Å². The highest BCUT2D eigenvalue weighted by Crippen LogP contribution is 2.26. The highest BCUT2D eigenvalue weighted by molar-refractivity contribution is 9.10. The molecular weight excluding hydrogens is 306 g/mol. The van der Waals surface area contributed by atoms with Gasteiger partial charge in [0.1, 0.15) is 5.75 Å². The van der Waals surface area contributed by atoms with E-state index in [1.165, 1.54) is 0 Å². The maximum atomic E-state index is 12.1. The highest BCUT2D eigenvalue weighted by Gasteiger charge is 2.10. The lowest BCUT2D eigenvalue weighted by molar-refractivity contribution is 0.102. The van der Waals surface area contributed by atoms with Gasteiger partial charge in [-0.15, -0.1) is 0 Å². The topological polar surface area (TPSA) is 49.3 Å². The first kappa shape index (κ1) is 13.6. The number of benzene rings is 2. The predicted octanol–water partition coefficient (Wildman–Crippen LogP) is 4.02. The molecule has 0 atom stereocenters. The lowest BCUT2D eigenvalue weighted by atomic mass is 10.1. The van der Waals surface area contributed by atoms with Crippen LogP contribution in [0, 0.1) is 13.8 Å². The lowest BCUT2D eigenvalue weighted by Crippen LogP contribution is -2.12. The minimum absolute atomic E-state index is 0.166. The summed E-state index contributed by atoms with van der Waals surface area (Å²) in [6.45, 7) is 3.69. The minimum Gasteiger partial charge on any atom is -0.508 e. The number of hydrogen-bond donors (Lipinski definition) is 2. The molecule has 4 heteroatoms. The number of carbonyl (C=O) groups is 1. The molecule has 0 spiro atoms. The Balaban J connectivity index is 2.24. The SMILES string of the molecule is Cc1c(O)ccc(NC(=O)c2ccc(Br)cc2)c1C. The van der Waals surface area contributed by atoms with Gasteiger partial charge in [-0.1, -0.05) is 15.9 Å². The molecule has 98 valence electrons. The minimum atomic E-state index is -0.166. The standard InChI is InChI=1S/C15H14BrNO2/c1-9-10(2)14(18)8-7-13(9)17-15(19)11-3-5-12(16)6-4-11/h3-8,18H,1-2H3,(H,17,19). The van der Waals surface area contributed by atoms with Gasteiger partial charge in [-0.05, 0) is 61.4 Å². The first-order valence-electron chi connectivity index (χ1n) is 5.85. The second-order valence-corrected chi connectivity index (χ2v) is 5.26. The first-order chi connectivity index (χ1) is 8.99. The summed E-state index contributed by atoms with van der Waals surface area (Å²) in [7, 11) is 0. The zero-order valence-electron chi connectivity index (χ0n) is 10.7. The fraction of sp³-hybridized carbons (Fsp3) is 0.133. The average Bonchev–Trinajstić information content (AvgIpc) is 2.40. The molecule has 0 aliphatic heterocycles. The quantitative estimate of drug-likeness (QED) is 0.821. The summed E-state index contributed by atoms with van der Waals surface area (Å²) in [6, 6.07) is 10.4. The van der Waals surface area contributed by atoms with Gasteiger partial charge in [0, 0.05) is 15.7 Å². The number of rotatable bonds is 2. The van der Waals surface area contributed by atoms with Crippen molar-refractivity contribution in [1.29, 1.82) is 0 Å². The highest BCUT2D eigenvalue weighted by atomic mass is 79.9. The van der Waals surface area contributed by atoms with Crippen LogP contribution in [0.15, 0.2) is 40.9 Å². The van der Waals surface area contributed by atoms with E-state index < -0.39 is 0 Å². The largest absolute Gasteiger partial charge is 0.508 e. The first-order valence-corrected chi connectivity index (χ1v) is 6.64. The molecule has 0 aromatic heterocycles. The monoisotopic (exact) mass is 319 g/mol. The number of nitrogens with one attached hydrogen (secondary N) is 1. The van der Waals surface area contributed by atoms with Crippen molar-refractivity contribution < 1.29 is 9.90 Å². The van der Waals surface area contributed by atoms with Crippen LogP contribution < -0.4 is 5.32 Å². The molecule has 19 heavy (non-hydrogen) atoms. The van der Waals surface area contributed by atoms with Crippen LogP contribution in [0.2, 0.25) is 0 Å². The van der Waals surface area contributed by atoms with Crippen LogP contribution in [0.1, 0.15) is 21.5 Å². The lowest BCUT2D eigenvalue weighted by Gasteiger charge is -2.11. The summed E-state index contributed by atoms with van der Waals surface area (Å²) < 4.78 is 0.931. The molecule has 2 aromatic carbocycles. The summed E-state index contributed by atoms with van der Waals surface area (Å²) in [6.07, 6.45) is 0. The van der Waals surface area contributed by atoms with Crippen LogP contribution in [-0.2, 0) is 0 Å². The fourth-order valence-electron chi connectivity index (χ4n) is 1.74. The molecule has 1 amide bonds. The number of aromatic hydroxyl groups is 1. The second-order valence-electron chi connectivity index (χ2n) is 4.34. The summed E-state index contributed by atoms with van der Waals surface area (Å²) in [4.78, 5) is 12.1. The number of amides is 1. The third-order valence-corrected chi connectivity index (χ3v) is 3.64. The number of anilines is 1. The normalized spacial score (nSPS) is 10.3. The Labute approximate surface area is 120 Å². The molecule has 2 N–H and O–H groups in total. The van der Waals surface area contributed by atoms with Gasteiger partial charge in [0.05, 0.1) is 0 Å². The van der Waals surface area contributed by atoms with Crippen LogP contribution in [0.5, 0.6) is 5.75 Å². The van der Waals surface area contributed by atoms with Crippen LogP contribution in [0.4, 0.5) is 5.69 Å². The van der Waals surface area contributed by atoms with E-state index in [9.17, 15) is 9.90 Å². The van der Waals surface area contributed by atoms with Crippen molar-refractivity contribution in [1.82, 2.24) is 0 Å². The summed E-state index contributed by atoms with van der Waals surface area (Å²) in [5.41, 5.74) is 2.94. The second kappa shape index (κ2) is 5.45. The van der Waals surface area contributed by atoms with Crippen LogP contribution >= 0.6 is 15.9 Å². The van der Waals surface area contributed by atoms with Gasteiger partial charge >= 0.3 is 0 Å². The molecule has 0 aliphatic rings. The maximum Gasteiger partial charge on any atom is 0.255 e. The summed E-state index contributed by atoms with van der Waals surface area (Å²) >= 11 is 3.33. The summed E-state index contributed by atoms with van der Waals surface area (Å²) in [5, 5.41) is 12.4. The molecule has 2 aromatic rings. The van der Waals surface area contributed by atoms with Crippen molar-refractivity contribution in [3.05, 3.63) is 57.6 Å². The van der Waals surface area contributed by atoms with Crippen molar-refractivity contribution in [3.63, 3.8) is 0 Å². The number of carbonyl (C=O) groups excluding carboxylic acids is 1. The van der Waals surface area contributed by atoms with Crippen molar-refractivity contribution >= 4 is 27.5 Å². The van der Waals surface area contributed by atoms with Gasteiger partial charge in [0.2, 0.25) is 0 Å². The van der Waals surface area contributed by atoms with Crippen LogP contribution in [-0.4, -0.2) is 11.0 Å². The van der Waals surface area contributed by atoms with Gasteiger partial charge < -0.3 is 10.4 Å². The van der Waals surface area contributed by atoms with E-state index in [4.69, 9.17) is 0 Å². The average molecular weight is 320 g/mol. The Morgan fingerprint density at radius 1 is 1.05 bits per heavy atom. The molecule has 0 bridgehead atoms. The van der Waals surface area contributed by atoms with Gasteiger partial charge in [-0.3, -0.25) is 4.79 Å². The maximum absolute atomic E-state index is 12.1. The van der Waals surface area contributed by atoms with E-state index in [-0.39, 0.29) is 11.7 Å². The predicted molar refractivity (Wildman–Crippen MR) is 79.7 cm³/mol. The van der Waals surface area contributed by atoms with Crippen molar-refractivity contribution in [2.45, 2.75) is 13.8 Å². The number of phenolic OH excluding ortho intramolecular Hbond substituents is 1. The Morgan fingerprint density at radius 2 is 1.68 bits per heavy atom. The van der Waals surface area contributed by atoms with Gasteiger partial charge in [-0.25, -0.2) is 0 Å². The summed E-state index contributed by atoms with van der Waals surface area (Å²) in [5.74, 6) is 0.0693. The van der Waals surface area contributed by atoms with Gasteiger partial charge in [0.25, 0.3) is 5.91 Å². The molecule has 0 unspecified atom stereocenters. The van der Waals surface area contributed by atoms with E-state index in [0.717, 1.165) is 15.6 Å². The van der Waals surface area contributed by atoms with E-state index in [1.54, 1.807) is 24.3 Å². The van der Waals surface area contributed by atoms with Gasteiger partial charge in [0.15, 0.2) is 0 Å². The Kier molecular flexibility index (Phi) is 3.90. The molecule has 0 heterocycles. The molecule has 3 nitrogen and oxygen atoms in total. The molecule has 2 rings (SSSR count). The van der Waals surface area contributed by atoms with Crippen molar-refractivity contribution in [2.75, 3.05) is 5.32 Å². The Bertz CT molecular complexity index is 621.